The summed E-state index contributed by atoms with van der Waals surface area (Å²) in [6.45, 7) is 3.30. The first kappa shape index (κ1) is 12.7. The SMILES string of the molecule is CNCc1c(N(CC2CC2)CC2CC2)nc2sccn12. The molecule has 5 heteroatoms. The Hall–Kier alpha value is -1.07. The van der Waals surface area contributed by atoms with Crippen molar-refractivity contribution in [2.45, 2.75) is 32.2 Å². The lowest BCUT2D eigenvalue weighted by Crippen LogP contribution is -2.30. The first-order valence-corrected chi connectivity index (χ1v) is 8.57. The van der Waals surface area contributed by atoms with Crippen molar-refractivity contribution in [2.75, 3.05) is 25.0 Å². The van der Waals surface area contributed by atoms with Crippen molar-refractivity contribution in [2.24, 2.45) is 11.8 Å². The molecule has 2 aliphatic carbocycles. The van der Waals surface area contributed by atoms with Crippen LogP contribution in [0.25, 0.3) is 4.96 Å². The van der Waals surface area contributed by atoms with Crippen LogP contribution >= 0.6 is 11.3 Å². The summed E-state index contributed by atoms with van der Waals surface area (Å²) in [5, 5.41) is 5.42. The third-order valence-electron chi connectivity index (χ3n) is 4.33. The normalized spacial score (nSPS) is 18.9. The van der Waals surface area contributed by atoms with Crippen molar-refractivity contribution >= 4 is 22.1 Å². The molecule has 4 nitrogen and oxygen atoms in total. The molecule has 0 spiro atoms. The van der Waals surface area contributed by atoms with Gasteiger partial charge >= 0.3 is 0 Å². The van der Waals surface area contributed by atoms with Crippen LogP contribution in [0.15, 0.2) is 11.6 Å². The van der Waals surface area contributed by atoms with Gasteiger partial charge in [-0.05, 0) is 44.6 Å². The quantitative estimate of drug-likeness (QED) is 0.851. The maximum atomic E-state index is 4.92. The summed E-state index contributed by atoms with van der Waals surface area (Å²) in [6.07, 6.45) is 7.78. The zero-order valence-electron chi connectivity index (χ0n) is 12.0. The molecular weight excluding hydrogens is 268 g/mol. The van der Waals surface area contributed by atoms with Gasteiger partial charge in [0, 0.05) is 31.2 Å². The number of aromatic nitrogens is 2. The fraction of sp³-hybridized carbons (Fsp3) is 0.667. The third kappa shape index (κ3) is 2.44. The predicted octanol–water partition coefficient (Wildman–Crippen LogP) is 2.74. The van der Waals surface area contributed by atoms with E-state index in [0.29, 0.717) is 0 Å². The van der Waals surface area contributed by atoms with Crippen molar-refractivity contribution in [3.05, 3.63) is 17.3 Å². The van der Waals surface area contributed by atoms with E-state index in [4.69, 9.17) is 4.98 Å². The molecule has 0 bridgehead atoms. The number of nitrogens with zero attached hydrogens (tertiary/aromatic N) is 3. The Morgan fingerprint density at radius 1 is 1.30 bits per heavy atom. The molecule has 0 unspecified atom stereocenters. The Morgan fingerprint density at radius 2 is 2.00 bits per heavy atom. The van der Waals surface area contributed by atoms with Crippen LogP contribution in [0, 0.1) is 11.8 Å². The minimum atomic E-state index is 0.888. The van der Waals surface area contributed by atoms with Crippen LogP contribution in [0.2, 0.25) is 0 Å². The van der Waals surface area contributed by atoms with Crippen LogP contribution in [0.5, 0.6) is 0 Å². The van der Waals surface area contributed by atoms with Gasteiger partial charge in [0.2, 0.25) is 0 Å². The molecule has 0 aliphatic heterocycles. The van der Waals surface area contributed by atoms with Gasteiger partial charge in [-0.2, -0.15) is 0 Å². The fourth-order valence-electron chi connectivity index (χ4n) is 2.88. The van der Waals surface area contributed by atoms with Gasteiger partial charge in [0.15, 0.2) is 10.8 Å². The number of hydrogen-bond acceptors (Lipinski definition) is 4. The van der Waals surface area contributed by atoms with E-state index in [1.807, 2.05) is 7.05 Å². The lowest BCUT2D eigenvalue weighted by molar-refractivity contribution is 0.664. The molecule has 2 saturated carbocycles. The van der Waals surface area contributed by atoms with Crippen LogP contribution < -0.4 is 10.2 Å². The molecule has 2 aromatic heterocycles. The van der Waals surface area contributed by atoms with Gasteiger partial charge in [-0.25, -0.2) is 4.98 Å². The average Bonchev–Trinajstić information content (AvgIpc) is 3.34. The Labute approximate surface area is 123 Å². The van der Waals surface area contributed by atoms with Crippen LogP contribution in [-0.4, -0.2) is 29.5 Å². The van der Waals surface area contributed by atoms with E-state index in [1.54, 1.807) is 11.3 Å². The minimum absolute atomic E-state index is 0.888. The first-order valence-electron chi connectivity index (χ1n) is 7.69. The number of nitrogens with one attached hydrogen (secondary N) is 1. The van der Waals surface area contributed by atoms with Crippen molar-refractivity contribution in [1.29, 1.82) is 0 Å². The van der Waals surface area contributed by atoms with E-state index in [1.165, 1.54) is 50.3 Å². The maximum Gasteiger partial charge on any atom is 0.195 e. The van der Waals surface area contributed by atoms with Crippen LogP contribution in [0.1, 0.15) is 31.4 Å². The highest BCUT2D eigenvalue weighted by molar-refractivity contribution is 7.15. The summed E-state index contributed by atoms with van der Waals surface area (Å²) in [5.41, 5.74) is 1.32. The molecule has 2 heterocycles. The highest BCUT2D eigenvalue weighted by Gasteiger charge is 2.31. The number of thiazole rings is 1. The maximum absolute atomic E-state index is 4.92. The zero-order chi connectivity index (χ0) is 13.5. The molecule has 0 aromatic carbocycles. The Kier molecular flexibility index (Phi) is 3.19. The first-order chi connectivity index (χ1) is 9.85. The van der Waals surface area contributed by atoms with E-state index in [9.17, 15) is 0 Å². The molecule has 108 valence electrons. The highest BCUT2D eigenvalue weighted by atomic mass is 32.1. The van der Waals surface area contributed by atoms with E-state index in [2.05, 4.69) is 26.2 Å². The molecule has 20 heavy (non-hydrogen) atoms. The van der Waals surface area contributed by atoms with Crippen LogP contribution in [0.4, 0.5) is 5.82 Å². The molecule has 1 N–H and O–H groups in total. The Morgan fingerprint density at radius 3 is 2.60 bits per heavy atom. The number of rotatable bonds is 7. The summed E-state index contributed by atoms with van der Waals surface area (Å²) < 4.78 is 2.25. The fourth-order valence-corrected chi connectivity index (χ4v) is 3.61. The largest absolute Gasteiger partial charge is 0.354 e. The van der Waals surface area contributed by atoms with E-state index in [-0.39, 0.29) is 0 Å². The number of fused-ring (bicyclic) bond motifs is 1. The van der Waals surface area contributed by atoms with Gasteiger partial charge in [-0.15, -0.1) is 11.3 Å². The second-order valence-corrected chi connectivity index (χ2v) is 7.13. The molecule has 2 aromatic rings. The van der Waals surface area contributed by atoms with Gasteiger partial charge < -0.3 is 10.2 Å². The Balaban J connectivity index is 1.67. The molecular formula is C15H22N4S. The molecule has 0 amide bonds. The van der Waals surface area contributed by atoms with E-state index < -0.39 is 0 Å². The smallest absolute Gasteiger partial charge is 0.195 e. The van der Waals surface area contributed by atoms with Crippen LogP contribution in [0.3, 0.4) is 0 Å². The van der Waals surface area contributed by atoms with Gasteiger partial charge in [0.25, 0.3) is 0 Å². The van der Waals surface area contributed by atoms with Crippen molar-refractivity contribution in [3.8, 4) is 0 Å². The molecule has 0 atom stereocenters. The van der Waals surface area contributed by atoms with Crippen molar-refractivity contribution in [1.82, 2.24) is 14.7 Å². The van der Waals surface area contributed by atoms with Crippen molar-refractivity contribution in [3.63, 3.8) is 0 Å². The number of imidazole rings is 1. The summed E-state index contributed by atoms with van der Waals surface area (Å²) in [5.74, 6) is 3.05. The predicted molar refractivity (Wildman–Crippen MR) is 83.5 cm³/mol. The topological polar surface area (TPSA) is 32.6 Å². The summed E-state index contributed by atoms with van der Waals surface area (Å²) in [6, 6.07) is 0. The van der Waals surface area contributed by atoms with Gasteiger partial charge in [0.05, 0.1) is 5.69 Å². The van der Waals surface area contributed by atoms with Gasteiger partial charge in [0.1, 0.15) is 0 Å². The summed E-state index contributed by atoms with van der Waals surface area (Å²) >= 11 is 1.73. The number of anilines is 1. The van der Waals surface area contributed by atoms with Gasteiger partial charge in [-0.3, -0.25) is 4.40 Å². The lowest BCUT2D eigenvalue weighted by atomic mass is 10.3. The van der Waals surface area contributed by atoms with Crippen LogP contribution in [-0.2, 0) is 6.54 Å². The lowest BCUT2D eigenvalue weighted by Gasteiger charge is -2.23. The second kappa shape index (κ2) is 5.04. The third-order valence-corrected chi connectivity index (χ3v) is 5.09. The molecule has 2 fully saturated rings. The Bertz CT molecular complexity index is 580. The number of hydrogen-bond donors (Lipinski definition) is 1. The highest BCUT2D eigenvalue weighted by Crippen LogP contribution is 2.37. The monoisotopic (exact) mass is 290 g/mol. The molecule has 2 aliphatic rings. The van der Waals surface area contributed by atoms with Crippen molar-refractivity contribution < 1.29 is 0 Å². The molecule has 4 rings (SSSR count). The van der Waals surface area contributed by atoms with E-state index >= 15 is 0 Å². The van der Waals surface area contributed by atoms with Gasteiger partial charge in [-0.1, -0.05) is 0 Å². The summed E-state index contributed by atoms with van der Waals surface area (Å²) in [4.78, 5) is 8.62. The minimum Gasteiger partial charge on any atom is -0.354 e. The molecule has 0 radical (unpaired) electrons. The average molecular weight is 290 g/mol. The zero-order valence-corrected chi connectivity index (χ0v) is 12.8. The van der Waals surface area contributed by atoms with E-state index in [0.717, 1.165) is 23.3 Å². The summed E-state index contributed by atoms with van der Waals surface area (Å²) in [7, 11) is 2.02. The second-order valence-electron chi connectivity index (χ2n) is 6.26. The standard InChI is InChI=1S/C15H22N4S/c1-16-8-13-14(17-15-19(13)6-7-20-15)18(9-11-2-3-11)10-12-4-5-12/h6-7,11-12,16H,2-5,8-10H2,1H3. The molecule has 0 saturated heterocycles.